The lowest BCUT2D eigenvalue weighted by atomic mass is 9.75. The third kappa shape index (κ3) is 11.5. The Labute approximate surface area is 222 Å². The van der Waals surface area contributed by atoms with Crippen molar-refractivity contribution in [2.45, 2.75) is 96.3 Å². The summed E-state index contributed by atoms with van der Waals surface area (Å²) in [5, 5.41) is 33.6. The molecule has 0 saturated carbocycles. The minimum absolute atomic E-state index is 0.000346. The number of primary amides is 1. The van der Waals surface area contributed by atoms with E-state index >= 15 is 0 Å². The lowest BCUT2D eigenvalue weighted by molar-refractivity contribution is -0.152. The number of carboxylic acid groups (broad SMARTS) is 1. The van der Waals surface area contributed by atoms with E-state index in [2.05, 4.69) is 10.6 Å². The summed E-state index contributed by atoms with van der Waals surface area (Å²) in [6.45, 7) is 9.22. The summed E-state index contributed by atoms with van der Waals surface area (Å²) in [7, 11) is -1.66. The van der Waals surface area contributed by atoms with Crippen LogP contribution in [0.1, 0.15) is 67.2 Å². The van der Waals surface area contributed by atoms with Crippen LogP contribution in [-0.2, 0) is 23.9 Å². The summed E-state index contributed by atoms with van der Waals surface area (Å²) >= 11 is 0. The smallest absolute Gasteiger partial charge is 0.451 e. The second kappa shape index (κ2) is 13.1. The van der Waals surface area contributed by atoms with Gasteiger partial charge in [-0.15, -0.1) is 0 Å². The maximum atomic E-state index is 13.6. The zero-order chi connectivity index (χ0) is 29.5. The lowest BCUT2D eigenvalue weighted by Crippen LogP contribution is -2.67. The van der Waals surface area contributed by atoms with E-state index in [1.807, 2.05) is 0 Å². The van der Waals surface area contributed by atoms with Gasteiger partial charge in [-0.1, -0.05) is 6.42 Å². The van der Waals surface area contributed by atoms with Crippen LogP contribution in [0.2, 0.25) is 6.32 Å². The molecule has 0 aliphatic carbocycles. The molecule has 0 aromatic rings. The van der Waals surface area contributed by atoms with Gasteiger partial charge in [0.15, 0.2) is 5.54 Å². The molecule has 7 N–H and O–H groups in total. The Bertz CT molecular complexity index is 886. The van der Waals surface area contributed by atoms with Gasteiger partial charge in [-0.2, -0.15) is 0 Å². The molecule has 1 fully saturated rings. The quantitative estimate of drug-likeness (QED) is 0.205. The number of likely N-dealkylation sites (tertiary alicyclic amines) is 1. The van der Waals surface area contributed by atoms with Crippen LogP contribution < -0.4 is 16.4 Å². The molecule has 3 atom stereocenters. The van der Waals surface area contributed by atoms with Crippen LogP contribution in [0.3, 0.4) is 0 Å². The number of rotatable bonds is 10. The summed E-state index contributed by atoms with van der Waals surface area (Å²) in [6, 6.07) is -1.28. The first kappa shape index (κ1) is 33.0. The van der Waals surface area contributed by atoms with E-state index in [-0.39, 0.29) is 38.5 Å². The van der Waals surface area contributed by atoms with E-state index in [1.54, 1.807) is 41.5 Å². The van der Waals surface area contributed by atoms with Gasteiger partial charge in [-0.3, -0.25) is 9.59 Å². The number of nitrogens with zero attached hydrogens (tertiary/aromatic N) is 1. The number of carbonyl (C=O) groups excluding carboxylic acids is 4. The van der Waals surface area contributed by atoms with Crippen molar-refractivity contribution in [1.29, 1.82) is 0 Å². The number of aliphatic carboxylic acids is 1. The molecule has 1 rings (SSSR count). The summed E-state index contributed by atoms with van der Waals surface area (Å²) in [4.78, 5) is 63.6. The van der Waals surface area contributed by atoms with Gasteiger partial charge in [0.2, 0.25) is 11.8 Å². The van der Waals surface area contributed by atoms with Crippen LogP contribution in [-0.4, -0.2) is 93.0 Å². The lowest BCUT2D eigenvalue weighted by Gasteiger charge is -2.45. The molecule has 4 amide bonds. The molecular formula is C23H41BN4O10. The highest BCUT2D eigenvalue weighted by Crippen LogP contribution is 2.31. The topological polar surface area (TPSA) is 218 Å². The molecular weight excluding hydrogens is 503 g/mol. The molecule has 0 bridgehead atoms. The number of carboxylic acids is 1. The van der Waals surface area contributed by atoms with Crippen molar-refractivity contribution >= 4 is 37.1 Å². The average molecular weight is 544 g/mol. The van der Waals surface area contributed by atoms with Gasteiger partial charge in [0, 0.05) is 13.0 Å². The largest absolute Gasteiger partial charge is 0.479 e. The highest BCUT2D eigenvalue weighted by molar-refractivity contribution is 6.40. The number of carbonyl (C=O) groups is 5. The van der Waals surface area contributed by atoms with Crippen LogP contribution >= 0.6 is 0 Å². The predicted octanol–water partition coefficient (Wildman–Crippen LogP) is 0.205. The molecule has 216 valence electrons. The first-order valence-corrected chi connectivity index (χ1v) is 12.4. The number of alkyl carbamates (subject to hydrolysis) is 2. The number of hydrogen-bond acceptors (Lipinski definition) is 9. The van der Waals surface area contributed by atoms with Gasteiger partial charge < -0.3 is 45.9 Å². The number of piperidine rings is 1. The Morgan fingerprint density at radius 2 is 1.61 bits per heavy atom. The van der Waals surface area contributed by atoms with E-state index in [0.29, 0.717) is 0 Å². The van der Waals surface area contributed by atoms with Gasteiger partial charge in [-0.05, 0) is 66.6 Å². The van der Waals surface area contributed by atoms with E-state index in [1.165, 1.54) is 0 Å². The summed E-state index contributed by atoms with van der Waals surface area (Å²) < 4.78 is 10.5. The van der Waals surface area contributed by atoms with Gasteiger partial charge in [0.25, 0.3) is 0 Å². The van der Waals surface area contributed by atoms with Crippen LogP contribution in [0.4, 0.5) is 9.59 Å². The van der Waals surface area contributed by atoms with Crippen molar-refractivity contribution in [3.63, 3.8) is 0 Å². The molecule has 38 heavy (non-hydrogen) atoms. The maximum absolute atomic E-state index is 13.6. The molecule has 0 aromatic heterocycles. The van der Waals surface area contributed by atoms with Crippen LogP contribution in [0.25, 0.3) is 0 Å². The number of nitrogens with one attached hydrogen (secondary N) is 2. The molecule has 1 unspecified atom stereocenters. The molecule has 1 aliphatic heterocycles. The SMILES string of the molecule is CC(C)(C)OC(=O)NC(CCC(N)=O)C(=O)N1C[C@@H](CCB(O)O)C[C@](NC(=O)OC(C)(C)C)(C(=O)O)C1. The molecule has 0 aromatic carbocycles. The van der Waals surface area contributed by atoms with Crippen molar-refractivity contribution < 1.29 is 48.6 Å². The molecule has 14 nitrogen and oxygen atoms in total. The third-order valence-corrected chi connectivity index (χ3v) is 5.54. The fourth-order valence-electron chi connectivity index (χ4n) is 4.08. The number of hydrogen-bond donors (Lipinski definition) is 6. The Morgan fingerprint density at radius 1 is 1.05 bits per heavy atom. The molecule has 1 heterocycles. The normalized spacial score (nSPS) is 20.6. The molecule has 15 heteroatoms. The average Bonchev–Trinajstić information content (AvgIpc) is 2.71. The van der Waals surface area contributed by atoms with Crippen LogP contribution in [0, 0.1) is 5.92 Å². The summed E-state index contributed by atoms with van der Waals surface area (Å²) in [5.41, 5.74) is 1.46. The van der Waals surface area contributed by atoms with Crippen molar-refractivity contribution in [2.75, 3.05) is 13.1 Å². The number of amides is 4. The second-order valence-electron chi connectivity index (χ2n) is 11.6. The predicted molar refractivity (Wildman–Crippen MR) is 136 cm³/mol. The monoisotopic (exact) mass is 544 g/mol. The second-order valence-corrected chi connectivity index (χ2v) is 11.6. The van der Waals surface area contributed by atoms with Crippen LogP contribution in [0.5, 0.6) is 0 Å². The molecule has 0 spiro atoms. The molecule has 0 radical (unpaired) electrons. The minimum Gasteiger partial charge on any atom is -0.479 e. The standard InChI is InChI=1S/C23H41BN4O10/c1-21(2,3)37-19(33)26-15(7-8-16(25)29)17(30)28-12-14(9-10-24(35)36)11-23(13-28,18(31)32)27-20(34)38-22(4,5)6/h14-15,35-36H,7-13H2,1-6H3,(H2,25,29)(H,26,33)(H,27,34)(H,31,32)/t14-,15?,23+/m0/s1. The number of nitrogens with two attached hydrogens (primary N) is 1. The minimum atomic E-state index is -1.97. The van der Waals surface area contributed by atoms with E-state index < -0.39 is 72.3 Å². The van der Waals surface area contributed by atoms with Crippen molar-refractivity contribution in [3.8, 4) is 0 Å². The summed E-state index contributed by atoms with van der Waals surface area (Å²) in [5.74, 6) is -3.43. The highest BCUT2D eigenvalue weighted by Gasteiger charge is 2.49. The number of ether oxygens (including phenoxy) is 2. The fourth-order valence-corrected chi connectivity index (χ4v) is 4.08. The van der Waals surface area contributed by atoms with E-state index in [0.717, 1.165) is 4.90 Å². The highest BCUT2D eigenvalue weighted by atomic mass is 16.6. The van der Waals surface area contributed by atoms with Gasteiger partial charge in [0.05, 0.1) is 6.54 Å². The van der Waals surface area contributed by atoms with Crippen LogP contribution in [0.15, 0.2) is 0 Å². The first-order chi connectivity index (χ1) is 17.2. The maximum Gasteiger partial charge on any atom is 0.451 e. The van der Waals surface area contributed by atoms with Gasteiger partial charge >= 0.3 is 25.3 Å². The van der Waals surface area contributed by atoms with Gasteiger partial charge in [0.1, 0.15) is 17.2 Å². The molecule has 1 saturated heterocycles. The third-order valence-electron chi connectivity index (χ3n) is 5.54. The van der Waals surface area contributed by atoms with E-state index in [4.69, 9.17) is 15.2 Å². The van der Waals surface area contributed by atoms with Crippen molar-refractivity contribution in [3.05, 3.63) is 0 Å². The Morgan fingerprint density at radius 3 is 2.08 bits per heavy atom. The van der Waals surface area contributed by atoms with Gasteiger partial charge in [-0.25, -0.2) is 14.4 Å². The summed E-state index contributed by atoms with van der Waals surface area (Å²) in [6.07, 6.45) is -2.46. The molecule has 1 aliphatic rings. The zero-order valence-electron chi connectivity index (χ0n) is 22.9. The zero-order valence-corrected chi connectivity index (χ0v) is 22.9. The fraction of sp³-hybridized carbons (Fsp3) is 0.783. The van der Waals surface area contributed by atoms with Crippen molar-refractivity contribution in [2.24, 2.45) is 11.7 Å². The van der Waals surface area contributed by atoms with E-state index in [9.17, 15) is 39.1 Å². The Balaban J connectivity index is 3.33. The van der Waals surface area contributed by atoms with Crippen molar-refractivity contribution in [1.82, 2.24) is 15.5 Å². The Kier molecular flexibility index (Phi) is 11.4. The Hall–Kier alpha value is -3.07. The first-order valence-electron chi connectivity index (χ1n) is 12.4.